The number of carbonyl (C=O) groups is 2. The van der Waals surface area contributed by atoms with Gasteiger partial charge >= 0.3 is 11.7 Å². The fourth-order valence-corrected chi connectivity index (χ4v) is 4.11. The van der Waals surface area contributed by atoms with Gasteiger partial charge in [-0.1, -0.05) is 74.9 Å². The van der Waals surface area contributed by atoms with Crippen molar-refractivity contribution >= 4 is 23.3 Å². The van der Waals surface area contributed by atoms with Gasteiger partial charge < -0.3 is 9.57 Å². The van der Waals surface area contributed by atoms with Gasteiger partial charge in [0.2, 0.25) is 5.75 Å². The molecular formula is C30H33N3O8. The molecule has 0 aliphatic heterocycles. The molecule has 0 N–H and O–H groups in total. The topological polar surface area (TPSA) is 142 Å². The molecule has 0 aromatic heterocycles. The van der Waals surface area contributed by atoms with Crippen molar-refractivity contribution in [3.63, 3.8) is 0 Å². The minimum Gasteiger partial charge on any atom is -0.462 e. The van der Waals surface area contributed by atoms with E-state index in [2.05, 4.69) is 0 Å². The van der Waals surface area contributed by atoms with Crippen molar-refractivity contribution in [1.29, 1.82) is 0 Å². The molecule has 0 aliphatic rings. The Kier molecular flexibility index (Phi) is 12.2. The van der Waals surface area contributed by atoms with Gasteiger partial charge in [0, 0.05) is 11.6 Å². The van der Waals surface area contributed by atoms with E-state index in [0.29, 0.717) is 24.2 Å². The molecule has 0 atom stereocenters. The normalized spacial score (nSPS) is 10.5. The quantitative estimate of drug-likeness (QED) is 0.0745. The molecule has 0 saturated carbocycles. The molecule has 0 heterocycles. The second-order valence-corrected chi connectivity index (χ2v) is 9.36. The third kappa shape index (κ3) is 10.0. The standard InChI is InChI=1S/C30H33N3O8/c34-29(24-15-9-7-10-16-24)31(41-28-20-19-26(32(36)37)23-27(28)33(38)39)21-13-5-3-1-2-4-6-14-22-40-30(35)25-17-11-8-12-18-25/h7-12,15-20,23H,1-6,13-14,21-22H2. The molecule has 216 valence electrons. The summed E-state index contributed by atoms with van der Waals surface area (Å²) in [6.07, 6.45) is 7.19. The second-order valence-electron chi connectivity index (χ2n) is 9.36. The second kappa shape index (κ2) is 16.3. The number of rotatable bonds is 17. The largest absolute Gasteiger partial charge is 0.462 e. The molecule has 0 bridgehead atoms. The highest BCUT2D eigenvalue weighted by atomic mass is 16.7. The monoisotopic (exact) mass is 563 g/mol. The number of hydrogen-bond acceptors (Lipinski definition) is 8. The zero-order valence-electron chi connectivity index (χ0n) is 22.7. The van der Waals surface area contributed by atoms with Crippen LogP contribution in [0.4, 0.5) is 11.4 Å². The molecule has 41 heavy (non-hydrogen) atoms. The van der Waals surface area contributed by atoms with Crippen LogP contribution in [-0.2, 0) is 4.74 Å². The van der Waals surface area contributed by atoms with E-state index in [1.165, 1.54) is 0 Å². The summed E-state index contributed by atoms with van der Waals surface area (Å²) in [6, 6.07) is 20.3. The number of ether oxygens (including phenoxy) is 1. The van der Waals surface area contributed by atoms with Gasteiger partial charge in [0.25, 0.3) is 11.6 Å². The minimum atomic E-state index is -0.777. The molecule has 11 heteroatoms. The molecule has 3 aromatic rings. The molecule has 3 aromatic carbocycles. The number of nitro groups is 2. The highest BCUT2D eigenvalue weighted by Crippen LogP contribution is 2.32. The van der Waals surface area contributed by atoms with E-state index in [9.17, 15) is 29.8 Å². The van der Waals surface area contributed by atoms with Crippen LogP contribution >= 0.6 is 0 Å². The highest BCUT2D eigenvalue weighted by molar-refractivity contribution is 5.93. The van der Waals surface area contributed by atoms with Gasteiger partial charge in [-0.05, 0) is 43.2 Å². The first-order valence-electron chi connectivity index (χ1n) is 13.6. The van der Waals surface area contributed by atoms with E-state index >= 15 is 0 Å². The first kappa shape index (κ1) is 30.7. The molecule has 0 radical (unpaired) electrons. The summed E-state index contributed by atoms with van der Waals surface area (Å²) < 4.78 is 5.29. The average molecular weight is 564 g/mol. The van der Waals surface area contributed by atoms with Crippen molar-refractivity contribution in [3.05, 3.63) is 110 Å². The fourth-order valence-electron chi connectivity index (χ4n) is 4.11. The highest BCUT2D eigenvalue weighted by Gasteiger charge is 2.25. The lowest BCUT2D eigenvalue weighted by atomic mass is 10.1. The maximum absolute atomic E-state index is 13.1. The summed E-state index contributed by atoms with van der Waals surface area (Å²) in [5, 5.41) is 23.6. The number of non-ortho nitro benzene ring substituents is 1. The van der Waals surface area contributed by atoms with Crippen LogP contribution in [0.3, 0.4) is 0 Å². The molecule has 0 fully saturated rings. The SMILES string of the molecule is O=C(OCCCCCCCCCCN(Oc1ccc([N+](=O)[O-])cc1[N+](=O)[O-])C(=O)c1ccccc1)c1ccccc1. The molecule has 0 aliphatic carbocycles. The number of hydrogen-bond donors (Lipinski definition) is 0. The van der Waals surface area contributed by atoms with Crippen molar-refractivity contribution in [2.24, 2.45) is 0 Å². The van der Waals surface area contributed by atoms with Gasteiger partial charge in [-0.15, -0.1) is 0 Å². The van der Waals surface area contributed by atoms with Crippen LogP contribution < -0.4 is 4.84 Å². The number of hydroxylamine groups is 2. The lowest BCUT2D eigenvalue weighted by Crippen LogP contribution is -2.35. The van der Waals surface area contributed by atoms with E-state index in [1.54, 1.807) is 54.6 Å². The van der Waals surface area contributed by atoms with Crippen molar-refractivity contribution in [3.8, 4) is 5.75 Å². The minimum absolute atomic E-state index is 0.189. The number of amides is 1. The maximum atomic E-state index is 13.1. The number of nitrogens with zero attached hydrogens (tertiary/aromatic N) is 3. The van der Waals surface area contributed by atoms with Crippen LogP contribution in [0, 0.1) is 20.2 Å². The van der Waals surface area contributed by atoms with Gasteiger partial charge in [-0.2, -0.15) is 5.06 Å². The lowest BCUT2D eigenvalue weighted by molar-refractivity contribution is -0.395. The molecule has 0 saturated heterocycles. The predicted octanol–water partition coefficient (Wildman–Crippen LogP) is 6.92. The molecular weight excluding hydrogens is 530 g/mol. The van der Waals surface area contributed by atoms with Gasteiger partial charge in [0.1, 0.15) is 0 Å². The third-order valence-corrected chi connectivity index (χ3v) is 6.30. The first-order valence-corrected chi connectivity index (χ1v) is 13.6. The Labute approximate surface area is 237 Å². The summed E-state index contributed by atoms with van der Waals surface area (Å²) in [6.45, 7) is 0.584. The molecule has 0 spiro atoms. The van der Waals surface area contributed by atoms with Crippen molar-refractivity contribution in [2.45, 2.75) is 51.4 Å². The van der Waals surface area contributed by atoms with Crippen LogP contribution in [-0.4, -0.2) is 39.9 Å². The van der Waals surface area contributed by atoms with E-state index in [0.717, 1.165) is 68.2 Å². The molecule has 1 amide bonds. The summed E-state index contributed by atoms with van der Waals surface area (Å²) in [5.41, 5.74) is -0.141. The zero-order valence-corrected chi connectivity index (χ0v) is 22.7. The van der Waals surface area contributed by atoms with Crippen LogP contribution in [0.5, 0.6) is 5.75 Å². The van der Waals surface area contributed by atoms with Crippen LogP contribution in [0.25, 0.3) is 0 Å². The van der Waals surface area contributed by atoms with E-state index in [-0.39, 0.29) is 18.3 Å². The Morgan fingerprint density at radius 3 is 1.83 bits per heavy atom. The van der Waals surface area contributed by atoms with Crippen LogP contribution in [0.1, 0.15) is 72.1 Å². The number of unbranched alkanes of at least 4 members (excludes halogenated alkanes) is 7. The Balaban J connectivity index is 1.42. The first-order chi connectivity index (χ1) is 19.9. The lowest BCUT2D eigenvalue weighted by Gasteiger charge is -2.22. The maximum Gasteiger partial charge on any atom is 0.338 e. The smallest absolute Gasteiger partial charge is 0.338 e. The van der Waals surface area contributed by atoms with Gasteiger partial charge in [-0.25, -0.2) is 4.79 Å². The number of carbonyl (C=O) groups excluding carboxylic acids is 2. The van der Waals surface area contributed by atoms with E-state index in [1.807, 2.05) is 6.07 Å². The molecule has 11 nitrogen and oxygen atoms in total. The van der Waals surface area contributed by atoms with Crippen LogP contribution in [0.15, 0.2) is 78.9 Å². The summed E-state index contributed by atoms with van der Waals surface area (Å²) in [7, 11) is 0. The fraction of sp³-hybridized carbons (Fsp3) is 0.333. The van der Waals surface area contributed by atoms with Crippen LogP contribution in [0.2, 0.25) is 0 Å². The Hall–Kier alpha value is -4.80. The number of nitro benzene ring substituents is 2. The number of esters is 1. The van der Waals surface area contributed by atoms with E-state index in [4.69, 9.17) is 9.57 Å². The summed E-state index contributed by atoms with van der Waals surface area (Å²) in [4.78, 5) is 51.8. The Bertz CT molecular complexity index is 1300. The van der Waals surface area contributed by atoms with Gasteiger partial charge in [0.15, 0.2) is 0 Å². The Morgan fingerprint density at radius 1 is 0.683 bits per heavy atom. The molecule has 3 rings (SSSR count). The molecule has 0 unspecified atom stereocenters. The van der Waals surface area contributed by atoms with Gasteiger partial charge in [-0.3, -0.25) is 25.0 Å². The Morgan fingerprint density at radius 2 is 1.24 bits per heavy atom. The summed E-state index contributed by atoms with van der Waals surface area (Å²) in [5.74, 6) is -1.02. The van der Waals surface area contributed by atoms with Gasteiger partial charge in [0.05, 0.1) is 34.6 Å². The average Bonchev–Trinajstić information content (AvgIpc) is 2.99. The predicted molar refractivity (Wildman–Crippen MR) is 152 cm³/mol. The zero-order chi connectivity index (χ0) is 29.5. The third-order valence-electron chi connectivity index (χ3n) is 6.30. The van der Waals surface area contributed by atoms with Crippen molar-refractivity contribution in [1.82, 2.24) is 5.06 Å². The van der Waals surface area contributed by atoms with E-state index < -0.39 is 27.1 Å². The van der Waals surface area contributed by atoms with Crippen molar-refractivity contribution < 1.29 is 29.0 Å². The number of benzene rings is 3. The summed E-state index contributed by atoms with van der Waals surface area (Å²) >= 11 is 0. The van der Waals surface area contributed by atoms with Crippen molar-refractivity contribution in [2.75, 3.05) is 13.2 Å².